The van der Waals surface area contributed by atoms with Crippen molar-refractivity contribution in [3.63, 3.8) is 0 Å². The van der Waals surface area contributed by atoms with Gasteiger partial charge in [0.1, 0.15) is 0 Å². The average Bonchev–Trinajstić information content (AvgIpc) is 2.90. The van der Waals surface area contributed by atoms with Crippen LogP contribution in [-0.4, -0.2) is 45.4 Å². The van der Waals surface area contributed by atoms with Gasteiger partial charge in [0.15, 0.2) is 0 Å². The predicted molar refractivity (Wildman–Crippen MR) is 86.9 cm³/mol. The van der Waals surface area contributed by atoms with Crippen LogP contribution in [0.25, 0.3) is 0 Å². The van der Waals surface area contributed by atoms with Crippen molar-refractivity contribution in [2.24, 2.45) is 5.41 Å². The van der Waals surface area contributed by atoms with Crippen molar-refractivity contribution in [3.05, 3.63) is 17.5 Å². The minimum absolute atomic E-state index is 0.0501. The summed E-state index contributed by atoms with van der Waals surface area (Å²) in [6, 6.07) is 0.352. The number of carbonyl (C=O) groups excluding carboxylic acids is 1. The van der Waals surface area contributed by atoms with Crippen LogP contribution in [-0.2, 0) is 0 Å². The molecule has 1 saturated heterocycles. The van der Waals surface area contributed by atoms with E-state index in [1.807, 2.05) is 23.4 Å². The molecule has 0 aromatic carbocycles. The molecule has 0 radical (unpaired) electrons. The van der Waals surface area contributed by atoms with Crippen LogP contribution < -0.4 is 0 Å². The molecule has 124 valence electrons. The second-order valence-corrected chi connectivity index (χ2v) is 6.86. The van der Waals surface area contributed by atoms with Crippen molar-refractivity contribution >= 4 is 5.91 Å². The fourth-order valence-corrected chi connectivity index (χ4v) is 3.42. The number of hydrogen-bond donors (Lipinski definition) is 1. The summed E-state index contributed by atoms with van der Waals surface area (Å²) < 4.78 is 1.99. The maximum Gasteiger partial charge on any atom is 0.257 e. The number of nitrogens with zero attached hydrogens (tertiary/aromatic N) is 3. The number of aliphatic hydroxyl groups is 1. The number of amides is 1. The highest BCUT2D eigenvalue weighted by Gasteiger charge is 2.34. The van der Waals surface area contributed by atoms with E-state index in [2.05, 4.69) is 18.9 Å². The number of carbonyl (C=O) groups is 1. The summed E-state index contributed by atoms with van der Waals surface area (Å²) in [4.78, 5) is 14.7. The number of aliphatic hydroxyl groups excluding tert-OH is 1. The van der Waals surface area contributed by atoms with Crippen LogP contribution in [0.1, 0.15) is 68.5 Å². The van der Waals surface area contributed by atoms with Gasteiger partial charge in [-0.1, -0.05) is 20.8 Å². The lowest BCUT2D eigenvalue weighted by atomic mass is 9.82. The molecule has 0 saturated carbocycles. The van der Waals surface area contributed by atoms with Crippen LogP contribution in [0.5, 0.6) is 0 Å². The summed E-state index contributed by atoms with van der Waals surface area (Å²) in [6.45, 7) is 9.84. The van der Waals surface area contributed by atoms with Crippen LogP contribution in [0.2, 0.25) is 0 Å². The Labute approximate surface area is 133 Å². The van der Waals surface area contributed by atoms with Gasteiger partial charge in [0.05, 0.1) is 24.4 Å². The maximum absolute atomic E-state index is 12.8. The molecule has 0 bridgehead atoms. The molecular weight excluding hydrogens is 278 g/mol. The first kappa shape index (κ1) is 17.0. The van der Waals surface area contributed by atoms with E-state index in [1.54, 1.807) is 6.20 Å². The van der Waals surface area contributed by atoms with E-state index >= 15 is 0 Å². The summed E-state index contributed by atoms with van der Waals surface area (Å²) in [5.41, 5.74) is 1.48. The molecule has 1 aliphatic rings. The Morgan fingerprint density at radius 3 is 2.73 bits per heavy atom. The topological polar surface area (TPSA) is 58.4 Å². The van der Waals surface area contributed by atoms with Gasteiger partial charge in [-0.3, -0.25) is 9.48 Å². The van der Waals surface area contributed by atoms with Crippen LogP contribution in [0.3, 0.4) is 0 Å². The van der Waals surface area contributed by atoms with E-state index < -0.39 is 0 Å². The highest BCUT2D eigenvalue weighted by Crippen LogP contribution is 2.30. The van der Waals surface area contributed by atoms with E-state index in [9.17, 15) is 9.90 Å². The van der Waals surface area contributed by atoms with Gasteiger partial charge in [0, 0.05) is 24.2 Å². The third-order valence-electron chi connectivity index (χ3n) is 5.01. The SMILES string of the molecule is CCC(CC)n1ncc(C(=O)N2CCCC(C)(CO)C2)c1C. The zero-order valence-electron chi connectivity index (χ0n) is 14.3. The van der Waals surface area contributed by atoms with E-state index in [-0.39, 0.29) is 17.9 Å². The summed E-state index contributed by atoms with van der Waals surface area (Å²) in [7, 11) is 0. The highest BCUT2D eigenvalue weighted by molar-refractivity contribution is 5.95. The van der Waals surface area contributed by atoms with Gasteiger partial charge in [-0.2, -0.15) is 5.10 Å². The molecule has 5 heteroatoms. The first-order valence-electron chi connectivity index (χ1n) is 8.40. The summed E-state index contributed by atoms with van der Waals surface area (Å²) >= 11 is 0. The predicted octanol–water partition coefficient (Wildman–Crippen LogP) is 2.79. The van der Waals surface area contributed by atoms with Crippen LogP contribution in [0, 0.1) is 12.3 Å². The Hall–Kier alpha value is -1.36. The first-order valence-corrected chi connectivity index (χ1v) is 8.40. The van der Waals surface area contributed by atoms with Crippen molar-refractivity contribution in [2.45, 2.75) is 59.4 Å². The molecule has 0 aliphatic carbocycles. The summed E-state index contributed by atoms with van der Waals surface area (Å²) in [6.07, 6.45) is 5.65. The van der Waals surface area contributed by atoms with Gasteiger partial charge in [-0.25, -0.2) is 0 Å². The smallest absolute Gasteiger partial charge is 0.257 e. The van der Waals surface area contributed by atoms with Crippen molar-refractivity contribution in [2.75, 3.05) is 19.7 Å². The fourth-order valence-electron chi connectivity index (χ4n) is 3.42. The zero-order valence-corrected chi connectivity index (χ0v) is 14.3. The Balaban J connectivity index is 2.20. The summed E-state index contributed by atoms with van der Waals surface area (Å²) in [5, 5.41) is 14.0. The molecule has 5 nitrogen and oxygen atoms in total. The largest absolute Gasteiger partial charge is 0.396 e. The number of rotatable bonds is 5. The van der Waals surface area contributed by atoms with E-state index in [0.29, 0.717) is 18.2 Å². The van der Waals surface area contributed by atoms with Gasteiger partial charge in [0.2, 0.25) is 0 Å². The Morgan fingerprint density at radius 1 is 1.45 bits per heavy atom. The third kappa shape index (κ3) is 3.19. The van der Waals surface area contributed by atoms with E-state index in [1.165, 1.54) is 0 Å². The molecule has 2 heterocycles. The molecule has 0 spiro atoms. The molecule has 2 rings (SSSR count). The number of likely N-dealkylation sites (tertiary alicyclic amines) is 1. The Morgan fingerprint density at radius 2 is 2.14 bits per heavy atom. The number of aromatic nitrogens is 2. The standard InChI is InChI=1S/C17H29N3O2/c1-5-14(6-2)20-13(3)15(10-18-20)16(22)19-9-7-8-17(4,11-19)12-21/h10,14,21H,5-9,11-12H2,1-4H3. The Kier molecular flexibility index (Phi) is 5.27. The molecular formula is C17H29N3O2. The molecule has 1 unspecified atom stereocenters. The van der Waals surface area contributed by atoms with Gasteiger partial charge in [-0.15, -0.1) is 0 Å². The number of hydrogen-bond acceptors (Lipinski definition) is 3. The van der Waals surface area contributed by atoms with E-state index in [4.69, 9.17) is 0 Å². The van der Waals surface area contributed by atoms with Gasteiger partial charge in [0.25, 0.3) is 5.91 Å². The van der Waals surface area contributed by atoms with E-state index in [0.717, 1.165) is 37.9 Å². The fraction of sp³-hybridized carbons (Fsp3) is 0.765. The van der Waals surface area contributed by atoms with Crippen LogP contribution in [0.4, 0.5) is 0 Å². The minimum Gasteiger partial charge on any atom is -0.396 e. The maximum atomic E-state index is 12.8. The second kappa shape index (κ2) is 6.82. The summed E-state index contributed by atoms with van der Waals surface area (Å²) in [5.74, 6) is 0.0501. The lowest BCUT2D eigenvalue weighted by Crippen LogP contribution is -2.46. The molecule has 1 amide bonds. The van der Waals surface area contributed by atoms with Gasteiger partial charge < -0.3 is 10.0 Å². The molecule has 1 aromatic heterocycles. The normalized spacial score (nSPS) is 22.4. The Bertz CT molecular complexity index is 522. The average molecular weight is 307 g/mol. The second-order valence-electron chi connectivity index (χ2n) is 6.86. The quantitative estimate of drug-likeness (QED) is 0.910. The molecule has 1 fully saturated rings. The number of piperidine rings is 1. The van der Waals surface area contributed by atoms with Gasteiger partial charge >= 0.3 is 0 Å². The van der Waals surface area contributed by atoms with Crippen LogP contribution in [0.15, 0.2) is 6.20 Å². The third-order valence-corrected chi connectivity index (χ3v) is 5.01. The van der Waals surface area contributed by atoms with Crippen molar-refractivity contribution < 1.29 is 9.90 Å². The molecule has 22 heavy (non-hydrogen) atoms. The molecule has 1 aliphatic heterocycles. The monoisotopic (exact) mass is 307 g/mol. The van der Waals surface area contributed by atoms with Gasteiger partial charge in [-0.05, 0) is 32.6 Å². The minimum atomic E-state index is -0.173. The van der Waals surface area contributed by atoms with Crippen molar-refractivity contribution in [1.29, 1.82) is 0 Å². The van der Waals surface area contributed by atoms with Crippen LogP contribution >= 0.6 is 0 Å². The first-order chi connectivity index (χ1) is 10.5. The lowest BCUT2D eigenvalue weighted by molar-refractivity contribution is 0.0357. The molecule has 1 N–H and O–H groups in total. The molecule has 1 atom stereocenters. The molecule has 1 aromatic rings. The lowest BCUT2D eigenvalue weighted by Gasteiger charge is -2.39. The van der Waals surface area contributed by atoms with Crippen molar-refractivity contribution in [1.82, 2.24) is 14.7 Å². The highest BCUT2D eigenvalue weighted by atomic mass is 16.3. The zero-order chi connectivity index (χ0) is 16.3. The van der Waals surface area contributed by atoms with Crippen molar-refractivity contribution in [3.8, 4) is 0 Å².